The fourth-order valence-electron chi connectivity index (χ4n) is 3.29. The number of imidazole rings is 1. The summed E-state index contributed by atoms with van der Waals surface area (Å²) >= 11 is 0. The third-order valence-corrected chi connectivity index (χ3v) is 4.72. The van der Waals surface area contributed by atoms with Crippen molar-refractivity contribution >= 4 is 11.8 Å². The lowest BCUT2D eigenvalue weighted by molar-refractivity contribution is 0.0657. The predicted octanol–water partition coefficient (Wildman–Crippen LogP) is 0.523. The lowest BCUT2D eigenvalue weighted by Gasteiger charge is -2.32. The van der Waals surface area contributed by atoms with Crippen LogP contribution in [0.4, 0.5) is 0 Å². The van der Waals surface area contributed by atoms with Crippen LogP contribution in [0.25, 0.3) is 0 Å². The van der Waals surface area contributed by atoms with Crippen molar-refractivity contribution in [1.29, 1.82) is 0 Å². The third kappa shape index (κ3) is 3.21. The van der Waals surface area contributed by atoms with Crippen molar-refractivity contribution in [3.8, 4) is 0 Å². The molecule has 0 radical (unpaired) electrons. The van der Waals surface area contributed by atoms with E-state index in [0.717, 1.165) is 44.6 Å². The van der Waals surface area contributed by atoms with Gasteiger partial charge in [-0.2, -0.15) is 0 Å². The maximum atomic E-state index is 12.9. The van der Waals surface area contributed by atoms with Gasteiger partial charge in [-0.25, -0.2) is 4.98 Å². The number of rotatable bonds is 4. The van der Waals surface area contributed by atoms with Crippen molar-refractivity contribution in [3.05, 3.63) is 29.9 Å². The first-order valence-electron chi connectivity index (χ1n) is 8.58. The number of likely N-dealkylation sites (N-methyl/N-ethyl adjacent to an activating group) is 1. The van der Waals surface area contributed by atoms with E-state index in [1.54, 1.807) is 6.08 Å². The maximum absolute atomic E-state index is 12.9. The van der Waals surface area contributed by atoms with Gasteiger partial charge in [-0.3, -0.25) is 9.59 Å². The molecule has 2 aliphatic heterocycles. The Balaban J connectivity index is 1.87. The quantitative estimate of drug-likeness (QED) is 0.817. The third-order valence-electron chi connectivity index (χ3n) is 4.72. The zero-order chi connectivity index (χ0) is 17.1. The number of piperazine rings is 1. The van der Waals surface area contributed by atoms with Gasteiger partial charge in [0.15, 0.2) is 5.82 Å². The Hall–Kier alpha value is -2.15. The molecule has 0 aliphatic carbocycles. The molecule has 1 aromatic rings. The van der Waals surface area contributed by atoms with E-state index in [1.807, 2.05) is 9.47 Å². The maximum Gasteiger partial charge on any atom is 0.287 e. The Morgan fingerprint density at radius 1 is 1.21 bits per heavy atom. The summed E-state index contributed by atoms with van der Waals surface area (Å²) in [4.78, 5) is 33.8. The lowest BCUT2D eigenvalue weighted by Crippen LogP contribution is -2.47. The Labute approximate surface area is 142 Å². The fourth-order valence-corrected chi connectivity index (χ4v) is 3.29. The minimum Gasteiger partial charge on any atom is -0.346 e. The molecule has 0 unspecified atom stereocenters. The van der Waals surface area contributed by atoms with Crippen LogP contribution in [-0.4, -0.2) is 70.9 Å². The first-order chi connectivity index (χ1) is 11.6. The predicted molar refractivity (Wildman–Crippen MR) is 91.1 cm³/mol. The number of amides is 2. The van der Waals surface area contributed by atoms with E-state index in [4.69, 9.17) is 0 Å². The summed E-state index contributed by atoms with van der Waals surface area (Å²) in [5.41, 5.74) is 1.37. The number of carbonyl (C=O) groups excluding carboxylic acids is 2. The monoisotopic (exact) mass is 331 g/mol. The van der Waals surface area contributed by atoms with Gasteiger partial charge in [-0.1, -0.05) is 6.08 Å². The molecule has 1 N–H and O–H groups in total. The Kier molecular flexibility index (Phi) is 4.99. The molecule has 7 heteroatoms. The Morgan fingerprint density at radius 2 is 1.96 bits per heavy atom. The molecule has 2 aliphatic rings. The minimum atomic E-state index is -0.240. The summed E-state index contributed by atoms with van der Waals surface area (Å²) in [6.07, 6.45) is 4.47. The molecule has 0 spiro atoms. The van der Waals surface area contributed by atoms with Crippen LogP contribution in [0.1, 0.15) is 39.6 Å². The van der Waals surface area contributed by atoms with Gasteiger partial charge < -0.3 is 19.7 Å². The van der Waals surface area contributed by atoms with Crippen LogP contribution < -0.4 is 5.32 Å². The number of fused-ring (bicyclic) bond motifs is 1. The Bertz CT molecular complexity index is 644. The highest BCUT2D eigenvalue weighted by molar-refractivity contribution is 5.97. The van der Waals surface area contributed by atoms with Crippen LogP contribution in [0.5, 0.6) is 0 Å². The molecule has 0 bridgehead atoms. The highest BCUT2D eigenvalue weighted by Crippen LogP contribution is 2.22. The van der Waals surface area contributed by atoms with Crippen LogP contribution in [0.2, 0.25) is 0 Å². The van der Waals surface area contributed by atoms with Crippen LogP contribution in [0, 0.1) is 0 Å². The average Bonchev–Trinajstić information content (AvgIpc) is 2.99. The van der Waals surface area contributed by atoms with E-state index in [9.17, 15) is 9.59 Å². The molecule has 0 aromatic carbocycles. The van der Waals surface area contributed by atoms with Crippen LogP contribution in [0.3, 0.4) is 0 Å². The van der Waals surface area contributed by atoms with Gasteiger partial charge in [0.25, 0.3) is 11.8 Å². The normalized spacial score (nSPS) is 18.1. The van der Waals surface area contributed by atoms with E-state index < -0.39 is 0 Å². The number of aromatic nitrogens is 2. The largest absolute Gasteiger partial charge is 0.346 e. The number of nitrogens with zero attached hydrogens (tertiary/aromatic N) is 4. The van der Waals surface area contributed by atoms with Crippen molar-refractivity contribution in [2.75, 3.05) is 39.8 Å². The van der Waals surface area contributed by atoms with E-state index in [1.165, 1.54) is 0 Å². The molecule has 7 nitrogen and oxygen atoms in total. The van der Waals surface area contributed by atoms with Crippen LogP contribution in [-0.2, 0) is 13.0 Å². The van der Waals surface area contributed by atoms with Gasteiger partial charge in [0.2, 0.25) is 0 Å². The highest BCUT2D eigenvalue weighted by atomic mass is 16.2. The molecule has 3 heterocycles. The molecule has 1 fully saturated rings. The molecule has 0 saturated carbocycles. The van der Waals surface area contributed by atoms with E-state index in [2.05, 4.69) is 28.8 Å². The standard InChI is InChI=1S/C17H25N5O2/c1-3-7-18-16(23)15-19-14(13-6-4-5-8-22(13)15)17(24)21-11-9-20(2)10-12-21/h3H,1,4-12H2,2H3,(H,18,23). The Morgan fingerprint density at radius 3 is 2.67 bits per heavy atom. The zero-order valence-electron chi connectivity index (χ0n) is 14.3. The summed E-state index contributed by atoms with van der Waals surface area (Å²) in [6.45, 7) is 7.90. The number of hydrogen-bond donors (Lipinski definition) is 1. The second kappa shape index (κ2) is 7.17. The van der Waals surface area contributed by atoms with Gasteiger partial charge in [-0.05, 0) is 26.3 Å². The SMILES string of the molecule is C=CCNC(=O)c1nc(C(=O)N2CCN(C)CC2)c2n1CCCC2. The first-order valence-corrected chi connectivity index (χ1v) is 8.58. The molecule has 130 valence electrons. The minimum absolute atomic E-state index is 0.0449. The highest BCUT2D eigenvalue weighted by Gasteiger charge is 2.30. The molecule has 3 rings (SSSR count). The zero-order valence-corrected chi connectivity index (χ0v) is 14.3. The van der Waals surface area contributed by atoms with Gasteiger partial charge in [0.1, 0.15) is 5.69 Å². The van der Waals surface area contributed by atoms with Crippen molar-refractivity contribution in [3.63, 3.8) is 0 Å². The summed E-state index contributed by atoms with van der Waals surface area (Å²) in [6, 6.07) is 0. The summed E-state index contributed by atoms with van der Waals surface area (Å²) < 4.78 is 1.92. The number of hydrogen-bond acceptors (Lipinski definition) is 4. The molecule has 0 atom stereocenters. The smallest absolute Gasteiger partial charge is 0.287 e. The van der Waals surface area contributed by atoms with Gasteiger partial charge in [0, 0.05) is 39.3 Å². The number of nitrogens with one attached hydrogen (secondary N) is 1. The second-order valence-corrected chi connectivity index (χ2v) is 6.43. The number of carbonyl (C=O) groups is 2. The summed E-state index contributed by atoms with van der Waals surface area (Å²) in [5, 5.41) is 2.76. The molecule has 1 aromatic heterocycles. The van der Waals surface area contributed by atoms with Gasteiger partial charge in [-0.15, -0.1) is 6.58 Å². The van der Waals surface area contributed by atoms with Gasteiger partial charge in [0.05, 0.1) is 5.69 Å². The van der Waals surface area contributed by atoms with E-state index in [0.29, 0.717) is 31.2 Å². The lowest BCUT2D eigenvalue weighted by atomic mass is 10.1. The first kappa shape index (κ1) is 16.7. The van der Waals surface area contributed by atoms with Gasteiger partial charge >= 0.3 is 0 Å². The van der Waals surface area contributed by atoms with E-state index in [-0.39, 0.29) is 11.8 Å². The van der Waals surface area contributed by atoms with Crippen molar-refractivity contribution in [2.45, 2.75) is 25.8 Å². The molecular weight excluding hydrogens is 306 g/mol. The molecular formula is C17H25N5O2. The molecule has 24 heavy (non-hydrogen) atoms. The fraction of sp³-hybridized carbons (Fsp3) is 0.588. The van der Waals surface area contributed by atoms with E-state index >= 15 is 0 Å². The van der Waals surface area contributed by atoms with Crippen LogP contribution >= 0.6 is 0 Å². The molecule has 2 amide bonds. The second-order valence-electron chi connectivity index (χ2n) is 6.43. The van der Waals surface area contributed by atoms with Crippen molar-refractivity contribution in [1.82, 2.24) is 24.7 Å². The van der Waals surface area contributed by atoms with Crippen molar-refractivity contribution < 1.29 is 9.59 Å². The topological polar surface area (TPSA) is 70.5 Å². The summed E-state index contributed by atoms with van der Waals surface area (Å²) in [5.74, 6) is 0.0658. The summed E-state index contributed by atoms with van der Waals surface area (Å²) in [7, 11) is 2.06. The van der Waals surface area contributed by atoms with Crippen molar-refractivity contribution in [2.24, 2.45) is 0 Å². The average molecular weight is 331 g/mol. The van der Waals surface area contributed by atoms with Crippen LogP contribution in [0.15, 0.2) is 12.7 Å². The molecule has 1 saturated heterocycles.